The Morgan fingerprint density at radius 1 is 1.13 bits per heavy atom. The van der Waals surface area contributed by atoms with E-state index in [2.05, 4.69) is 0 Å². The van der Waals surface area contributed by atoms with E-state index in [-0.39, 0.29) is 5.02 Å². The van der Waals surface area contributed by atoms with Gasteiger partial charge in [-0.2, -0.15) is 22.0 Å². The second-order valence-corrected chi connectivity index (χ2v) is 3.08. The van der Waals surface area contributed by atoms with Gasteiger partial charge in [-0.15, -0.1) is 0 Å². The standard InChI is InChI=1S/C9H4ClF5/c10-6-3-1-2-5(4-6)7(8(11)12)9(13,14)15/h1-4H. The zero-order chi connectivity index (χ0) is 11.6. The molecular formula is C9H4ClF5. The van der Waals surface area contributed by atoms with Gasteiger partial charge in [0.25, 0.3) is 6.08 Å². The molecule has 6 heteroatoms. The van der Waals surface area contributed by atoms with Gasteiger partial charge in [0, 0.05) is 5.02 Å². The molecule has 1 rings (SSSR count). The smallest absolute Gasteiger partial charge is 0.173 e. The summed E-state index contributed by atoms with van der Waals surface area (Å²) in [6, 6.07) is 4.24. The summed E-state index contributed by atoms with van der Waals surface area (Å²) in [5.41, 5.74) is -2.60. The first-order valence-electron chi connectivity index (χ1n) is 3.71. The number of hydrogen-bond acceptors (Lipinski definition) is 0. The van der Waals surface area contributed by atoms with Crippen molar-refractivity contribution in [2.75, 3.05) is 0 Å². The number of benzene rings is 1. The van der Waals surface area contributed by atoms with E-state index in [4.69, 9.17) is 11.6 Å². The fraction of sp³-hybridized carbons (Fsp3) is 0.111. The summed E-state index contributed by atoms with van der Waals surface area (Å²) in [7, 11) is 0. The summed E-state index contributed by atoms with van der Waals surface area (Å²) in [6.07, 6.45) is -7.87. The predicted molar refractivity (Wildman–Crippen MR) is 46.6 cm³/mol. The normalized spacial score (nSPS) is 11.3. The van der Waals surface area contributed by atoms with Crippen molar-refractivity contribution in [3.63, 3.8) is 0 Å². The molecule has 0 nitrogen and oxygen atoms in total. The van der Waals surface area contributed by atoms with E-state index in [1.165, 1.54) is 12.1 Å². The van der Waals surface area contributed by atoms with Crippen LogP contribution in [0.25, 0.3) is 5.57 Å². The molecule has 0 aliphatic carbocycles. The van der Waals surface area contributed by atoms with Gasteiger partial charge in [0.15, 0.2) is 0 Å². The summed E-state index contributed by atoms with van der Waals surface area (Å²) >= 11 is 5.41. The lowest BCUT2D eigenvalue weighted by molar-refractivity contribution is -0.0711. The molecule has 82 valence electrons. The van der Waals surface area contributed by atoms with Crippen LogP contribution in [0.1, 0.15) is 5.56 Å². The molecule has 0 spiro atoms. The maximum absolute atomic E-state index is 12.2. The lowest BCUT2D eigenvalue weighted by Gasteiger charge is -2.10. The number of rotatable bonds is 1. The fourth-order valence-corrected chi connectivity index (χ4v) is 1.21. The third-order valence-electron chi connectivity index (χ3n) is 1.59. The lowest BCUT2D eigenvalue weighted by Crippen LogP contribution is -2.11. The van der Waals surface area contributed by atoms with Crippen LogP contribution in [-0.4, -0.2) is 6.18 Å². The van der Waals surface area contributed by atoms with Crippen LogP contribution in [0, 0.1) is 0 Å². The van der Waals surface area contributed by atoms with Crippen LogP contribution in [0.5, 0.6) is 0 Å². The average molecular weight is 243 g/mol. The van der Waals surface area contributed by atoms with Crippen molar-refractivity contribution in [1.82, 2.24) is 0 Å². The summed E-state index contributed by atoms with van der Waals surface area (Å²) in [5.74, 6) is 0. The van der Waals surface area contributed by atoms with Crippen molar-refractivity contribution in [1.29, 1.82) is 0 Å². The van der Waals surface area contributed by atoms with Crippen molar-refractivity contribution in [3.8, 4) is 0 Å². The zero-order valence-electron chi connectivity index (χ0n) is 7.08. The number of hydrogen-bond donors (Lipinski definition) is 0. The van der Waals surface area contributed by atoms with Crippen molar-refractivity contribution >= 4 is 17.2 Å². The Bertz CT molecular complexity index is 390. The highest BCUT2D eigenvalue weighted by molar-refractivity contribution is 6.30. The molecule has 0 saturated carbocycles. The highest BCUT2D eigenvalue weighted by Crippen LogP contribution is 2.37. The van der Waals surface area contributed by atoms with Crippen molar-refractivity contribution < 1.29 is 22.0 Å². The molecular weight excluding hydrogens is 239 g/mol. The van der Waals surface area contributed by atoms with Gasteiger partial charge >= 0.3 is 6.18 Å². The van der Waals surface area contributed by atoms with Gasteiger partial charge in [-0.3, -0.25) is 0 Å². The minimum atomic E-state index is -5.09. The molecule has 0 aliphatic rings. The van der Waals surface area contributed by atoms with E-state index in [1.54, 1.807) is 0 Å². The third-order valence-corrected chi connectivity index (χ3v) is 1.82. The Labute approximate surface area is 87.0 Å². The largest absolute Gasteiger partial charge is 0.422 e. The highest BCUT2D eigenvalue weighted by Gasteiger charge is 2.38. The third kappa shape index (κ3) is 2.92. The van der Waals surface area contributed by atoms with E-state index in [9.17, 15) is 22.0 Å². The molecule has 0 N–H and O–H groups in total. The molecule has 1 aromatic carbocycles. The first kappa shape index (κ1) is 12.0. The Morgan fingerprint density at radius 3 is 2.13 bits per heavy atom. The predicted octanol–water partition coefficient (Wildman–Crippen LogP) is 4.51. The molecule has 0 atom stereocenters. The zero-order valence-corrected chi connectivity index (χ0v) is 7.83. The van der Waals surface area contributed by atoms with Crippen LogP contribution in [0.2, 0.25) is 5.02 Å². The fourth-order valence-electron chi connectivity index (χ4n) is 1.02. The van der Waals surface area contributed by atoms with Gasteiger partial charge < -0.3 is 0 Å². The van der Waals surface area contributed by atoms with Gasteiger partial charge in [0.1, 0.15) is 5.57 Å². The second kappa shape index (κ2) is 4.18. The molecule has 0 fully saturated rings. The van der Waals surface area contributed by atoms with Crippen molar-refractivity contribution in [3.05, 3.63) is 40.9 Å². The number of halogens is 6. The Balaban J connectivity index is 3.31. The van der Waals surface area contributed by atoms with Crippen LogP contribution < -0.4 is 0 Å². The first-order valence-corrected chi connectivity index (χ1v) is 4.08. The Morgan fingerprint density at radius 2 is 1.73 bits per heavy atom. The molecule has 0 bridgehead atoms. The highest BCUT2D eigenvalue weighted by atomic mass is 35.5. The van der Waals surface area contributed by atoms with Gasteiger partial charge in [-0.05, 0) is 17.7 Å². The second-order valence-electron chi connectivity index (χ2n) is 2.64. The van der Waals surface area contributed by atoms with E-state index in [0.29, 0.717) is 0 Å². The van der Waals surface area contributed by atoms with Gasteiger partial charge in [0.2, 0.25) is 0 Å². The van der Waals surface area contributed by atoms with E-state index >= 15 is 0 Å². The van der Waals surface area contributed by atoms with Crippen LogP contribution in [0.15, 0.2) is 30.3 Å². The van der Waals surface area contributed by atoms with Crippen LogP contribution in [0.4, 0.5) is 22.0 Å². The molecule has 0 radical (unpaired) electrons. The van der Waals surface area contributed by atoms with Crippen molar-refractivity contribution in [2.24, 2.45) is 0 Å². The Kier molecular flexibility index (Phi) is 3.34. The first-order chi connectivity index (χ1) is 6.82. The SMILES string of the molecule is FC(F)=C(c1cccc(Cl)c1)C(F)(F)F. The van der Waals surface area contributed by atoms with Crippen LogP contribution in [-0.2, 0) is 0 Å². The monoisotopic (exact) mass is 242 g/mol. The van der Waals surface area contributed by atoms with Gasteiger partial charge in [-0.1, -0.05) is 23.7 Å². The maximum atomic E-state index is 12.2. The Hall–Kier alpha value is -1.10. The van der Waals surface area contributed by atoms with E-state index < -0.39 is 23.4 Å². The lowest BCUT2D eigenvalue weighted by atomic mass is 10.1. The summed E-state index contributed by atoms with van der Waals surface area (Å²) < 4.78 is 60.9. The molecule has 0 amide bonds. The number of allylic oxidation sites excluding steroid dienone is 1. The van der Waals surface area contributed by atoms with Gasteiger partial charge in [-0.25, -0.2) is 0 Å². The van der Waals surface area contributed by atoms with Crippen LogP contribution >= 0.6 is 11.6 Å². The summed E-state index contributed by atoms with van der Waals surface area (Å²) in [6.45, 7) is 0. The topological polar surface area (TPSA) is 0 Å². The summed E-state index contributed by atoms with van der Waals surface area (Å²) in [4.78, 5) is 0. The molecule has 0 aliphatic heterocycles. The van der Waals surface area contributed by atoms with Crippen molar-refractivity contribution in [2.45, 2.75) is 6.18 Å². The summed E-state index contributed by atoms with van der Waals surface area (Å²) in [5, 5.41) is -0.0319. The quantitative estimate of drug-likeness (QED) is 0.636. The van der Waals surface area contributed by atoms with Crippen LogP contribution in [0.3, 0.4) is 0 Å². The minimum absolute atomic E-state index is 0.0319. The molecule has 0 aromatic heterocycles. The molecule has 0 saturated heterocycles. The number of alkyl halides is 3. The maximum Gasteiger partial charge on any atom is 0.422 e. The molecule has 0 unspecified atom stereocenters. The molecule has 0 heterocycles. The average Bonchev–Trinajstić information content (AvgIpc) is 1.99. The minimum Gasteiger partial charge on any atom is -0.173 e. The van der Waals surface area contributed by atoms with E-state index in [0.717, 1.165) is 12.1 Å². The van der Waals surface area contributed by atoms with Gasteiger partial charge in [0.05, 0.1) is 0 Å². The van der Waals surface area contributed by atoms with E-state index in [1.807, 2.05) is 0 Å². The molecule has 15 heavy (non-hydrogen) atoms. The molecule has 1 aromatic rings.